The largest absolute Gasteiger partial charge is 0.367 e. The minimum Gasteiger partial charge on any atom is -0.367 e. The number of carbonyl (C=O) groups excluding carboxylic acids is 2. The van der Waals surface area contributed by atoms with E-state index in [1.165, 1.54) is 12.4 Å². The molecule has 9 nitrogen and oxygen atoms in total. The molecule has 2 aromatic rings. The lowest BCUT2D eigenvalue weighted by atomic mass is 10.3. The lowest BCUT2D eigenvalue weighted by molar-refractivity contribution is -0.115. The fraction of sp³-hybridized carbons (Fsp3) is 0.250. The van der Waals surface area contributed by atoms with Crippen molar-refractivity contribution < 1.29 is 9.59 Å². The molecule has 2 amide bonds. The van der Waals surface area contributed by atoms with Crippen molar-refractivity contribution in [2.24, 2.45) is 0 Å². The van der Waals surface area contributed by atoms with Crippen LogP contribution in [0.1, 0.15) is 5.82 Å². The van der Waals surface area contributed by atoms with E-state index in [4.69, 9.17) is 0 Å². The van der Waals surface area contributed by atoms with Gasteiger partial charge >= 0.3 is 0 Å². The molecular weight excluding hydrogens is 354 g/mol. The van der Waals surface area contributed by atoms with Gasteiger partial charge in [-0.25, -0.2) is 9.97 Å². The van der Waals surface area contributed by atoms with E-state index >= 15 is 0 Å². The van der Waals surface area contributed by atoms with Gasteiger partial charge in [-0.05, 0) is 23.9 Å². The summed E-state index contributed by atoms with van der Waals surface area (Å²) in [5.41, 5.74) is 1.10. The van der Waals surface area contributed by atoms with E-state index in [1.54, 1.807) is 6.20 Å². The third-order valence-corrected chi connectivity index (χ3v) is 4.86. The Kier molecular flexibility index (Phi) is 4.48. The Hall–Kier alpha value is -3.01. The van der Waals surface area contributed by atoms with Crippen LogP contribution >= 0.6 is 11.8 Å². The Morgan fingerprint density at radius 1 is 1.12 bits per heavy atom. The summed E-state index contributed by atoms with van der Waals surface area (Å²) in [5.74, 6) is 0.497. The molecule has 0 atom stereocenters. The SMILES string of the molecule is O=C1NC(=O)/C(=C\c2ncnc(N3CCN(c4cccnc4)CC3)n2)S1. The molecule has 0 spiro atoms. The van der Waals surface area contributed by atoms with Crippen LogP contribution in [0.5, 0.6) is 0 Å². The summed E-state index contributed by atoms with van der Waals surface area (Å²) >= 11 is 0.843. The van der Waals surface area contributed by atoms with Gasteiger partial charge in [-0.2, -0.15) is 4.98 Å². The Morgan fingerprint density at radius 3 is 2.62 bits per heavy atom. The van der Waals surface area contributed by atoms with E-state index in [-0.39, 0.29) is 10.1 Å². The fourth-order valence-electron chi connectivity index (χ4n) is 2.77. The number of pyridine rings is 1. The molecule has 2 aromatic heterocycles. The van der Waals surface area contributed by atoms with Crippen molar-refractivity contribution in [2.45, 2.75) is 0 Å². The lowest BCUT2D eigenvalue weighted by Gasteiger charge is -2.35. The third kappa shape index (κ3) is 3.49. The summed E-state index contributed by atoms with van der Waals surface area (Å²) in [4.78, 5) is 44.4. The van der Waals surface area contributed by atoms with Crippen LogP contribution in [0, 0.1) is 0 Å². The first-order valence-electron chi connectivity index (χ1n) is 8.03. The average Bonchev–Trinajstić information content (AvgIpc) is 3.00. The first-order valence-corrected chi connectivity index (χ1v) is 8.84. The quantitative estimate of drug-likeness (QED) is 0.791. The molecule has 0 radical (unpaired) electrons. The van der Waals surface area contributed by atoms with Crippen LogP contribution in [-0.4, -0.2) is 57.3 Å². The molecule has 0 aliphatic carbocycles. The molecule has 4 heterocycles. The van der Waals surface area contributed by atoms with Gasteiger partial charge in [-0.1, -0.05) is 0 Å². The molecule has 2 aliphatic rings. The molecule has 0 saturated carbocycles. The number of hydrogen-bond donors (Lipinski definition) is 1. The van der Waals surface area contributed by atoms with Gasteiger partial charge in [0.2, 0.25) is 5.95 Å². The summed E-state index contributed by atoms with van der Waals surface area (Å²) in [7, 11) is 0. The molecular formula is C16H15N7O2S. The highest BCUT2D eigenvalue weighted by atomic mass is 32.2. The van der Waals surface area contributed by atoms with Crippen molar-refractivity contribution in [1.82, 2.24) is 25.3 Å². The van der Waals surface area contributed by atoms with Crippen LogP contribution in [0.15, 0.2) is 35.8 Å². The molecule has 4 rings (SSSR count). The molecule has 10 heteroatoms. The highest BCUT2D eigenvalue weighted by Gasteiger charge is 2.26. The maximum atomic E-state index is 11.6. The molecule has 132 valence electrons. The predicted molar refractivity (Wildman–Crippen MR) is 97.6 cm³/mol. The standard InChI is InChI=1S/C16H15N7O2S/c24-14-12(26-16(25)21-14)8-13-18-10-19-15(20-13)23-6-4-22(5-7-23)11-2-1-3-17-9-11/h1-3,8-10H,4-7H2,(H,21,24,25)/b12-8+. The molecule has 1 N–H and O–H groups in total. The third-order valence-electron chi connectivity index (χ3n) is 4.05. The molecule has 2 aliphatic heterocycles. The lowest BCUT2D eigenvalue weighted by Crippen LogP contribution is -2.47. The van der Waals surface area contributed by atoms with Gasteiger partial charge in [0, 0.05) is 38.5 Å². The number of nitrogens with zero attached hydrogens (tertiary/aromatic N) is 6. The number of carbonyl (C=O) groups is 2. The van der Waals surface area contributed by atoms with E-state index in [2.05, 4.69) is 35.1 Å². The van der Waals surface area contributed by atoms with Crippen molar-refractivity contribution in [3.63, 3.8) is 0 Å². The fourth-order valence-corrected chi connectivity index (χ4v) is 3.42. The summed E-state index contributed by atoms with van der Waals surface area (Å²) in [6, 6.07) is 3.97. The first kappa shape index (κ1) is 16.5. The van der Waals surface area contributed by atoms with E-state index in [1.807, 2.05) is 18.3 Å². The molecule has 0 aromatic carbocycles. The van der Waals surface area contributed by atoms with Crippen LogP contribution in [0.2, 0.25) is 0 Å². The zero-order valence-corrected chi connectivity index (χ0v) is 14.5. The number of amides is 2. The van der Waals surface area contributed by atoms with E-state index < -0.39 is 5.91 Å². The van der Waals surface area contributed by atoms with Crippen molar-refractivity contribution in [3.05, 3.63) is 41.6 Å². The Balaban J connectivity index is 1.45. The van der Waals surface area contributed by atoms with Crippen molar-refractivity contribution >= 4 is 40.6 Å². The van der Waals surface area contributed by atoms with Gasteiger partial charge in [0.15, 0.2) is 5.82 Å². The van der Waals surface area contributed by atoms with E-state index in [0.29, 0.717) is 11.8 Å². The van der Waals surface area contributed by atoms with Crippen molar-refractivity contribution in [2.75, 3.05) is 36.0 Å². The molecule has 2 fully saturated rings. The molecule has 2 saturated heterocycles. The second-order valence-corrected chi connectivity index (χ2v) is 6.70. The second kappa shape index (κ2) is 7.08. The number of thioether (sulfide) groups is 1. The first-order chi connectivity index (χ1) is 12.7. The number of rotatable bonds is 3. The van der Waals surface area contributed by atoms with Gasteiger partial charge in [0.25, 0.3) is 11.1 Å². The van der Waals surface area contributed by atoms with Crippen molar-refractivity contribution in [1.29, 1.82) is 0 Å². The number of nitrogens with one attached hydrogen (secondary N) is 1. The summed E-state index contributed by atoms with van der Waals surface area (Å²) < 4.78 is 0. The van der Waals surface area contributed by atoms with Gasteiger partial charge in [0.05, 0.1) is 16.8 Å². The zero-order valence-electron chi connectivity index (χ0n) is 13.7. The van der Waals surface area contributed by atoms with Crippen LogP contribution in [0.25, 0.3) is 6.08 Å². The summed E-state index contributed by atoms with van der Waals surface area (Å²) in [6.07, 6.45) is 6.54. The smallest absolute Gasteiger partial charge is 0.290 e. The minimum absolute atomic E-state index is 0.286. The number of anilines is 2. The van der Waals surface area contributed by atoms with Gasteiger partial charge in [-0.3, -0.25) is 19.9 Å². The zero-order chi connectivity index (χ0) is 17.9. The Bertz CT molecular complexity index is 866. The molecule has 26 heavy (non-hydrogen) atoms. The van der Waals surface area contributed by atoms with E-state index in [0.717, 1.165) is 43.6 Å². The van der Waals surface area contributed by atoms with Gasteiger partial charge in [-0.15, -0.1) is 0 Å². The molecule has 0 unspecified atom stereocenters. The van der Waals surface area contributed by atoms with Gasteiger partial charge < -0.3 is 9.80 Å². The Labute approximate surface area is 153 Å². The number of hydrogen-bond acceptors (Lipinski definition) is 9. The normalized spacial score (nSPS) is 19.2. The van der Waals surface area contributed by atoms with Crippen LogP contribution in [-0.2, 0) is 4.79 Å². The topological polar surface area (TPSA) is 104 Å². The maximum absolute atomic E-state index is 11.6. The van der Waals surface area contributed by atoms with Crippen molar-refractivity contribution in [3.8, 4) is 0 Å². The van der Waals surface area contributed by atoms with Crippen LogP contribution in [0.3, 0.4) is 0 Å². The summed E-state index contributed by atoms with van der Waals surface area (Å²) in [6.45, 7) is 3.20. The van der Waals surface area contributed by atoms with Crippen LogP contribution in [0.4, 0.5) is 16.4 Å². The summed E-state index contributed by atoms with van der Waals surface area (Å²) in [5, 5.41) is 1.82. The minimum atomic E-state index is -0.424. The monoisotopic (exact) mass is 369 g/mol. The average molecular weight is 369 g/mol. The van der Waals surface area contributed by atoms with E-state index in [9.17, 15) is 9.59 Å². The number of imide groups is 1. The van der Waals surface area contributed by atoms with Crippen LogP contribution < -0.4 is 15.1 Å². The number of aromatic nitrogens is 4. The number of piperazine rings is 1. The Morgan fingerprint density at radius 2 is 1.92 bits per heavy atom. The highest BCUT2D eigenvalue weighted by molar-refractivity contribution is 8.18. The second-order valence-electron chi connectivity index (χ2n) is 5.68. The maximum Gasteiger partial charge on any atom is 0.290 e. The predicted octanol–water partition coefficient (Wildman–Crippen LogP) is 0.917. The highest BCUT2D eigenvalue weighted by Crippen LogP contribution is 2.25. The molecule has 0 bridgehead atoms. The van der Waals surface area contributed by atoms with Gasteiger partial charge in [0.1, 0.15) is 6.33 Å².